The standard InChI is InChI=1S/C7H7ClS/c1-5-3-4-9-7(5)6(2)8/h3-4H,2H2,1H3. The van der Waals surface area contributed by atoms with Gasteiger partial charge in [0.05, 0.1) is 5.03 Å². The van der Waals surface area contributed by atoms with E-state index >= 15 is 0 Å². The maximum Gasteiger partial charge on any atom is 0.0509 e. The van der Waals surface area contributed by atoms with Crippen LogP contribution >= 0.6 is 22.9 Å². The Hall–Kier alpha value is -0.270. The molecule has 0 bridgehead atoms. The minimum atomic E-state index is 0.641. The Kier molecular flexibility index (Phi) is 1.94. The zero-order chi connectivity index (χ0) is 6.85. The summed E-state index contributed by atoms with van der Waals surface area (Å²) in [6.45, 7) is 5.66. The zero-order valence-electron chi connectivity index (χ0n) is 5.15. The highest BCUT2D eigenvalue weighted by Crippen LogP contribution is 2.25. The molecule has 1 heterocycles. The van der Waals surface area contributed by atoms with Crippen LogP contribution < -0.4 is 0 Å². The zero-order valence-corrected chi connectivity index (χ0v) is 6.72. The molecule has 1 aromatic heterocycles. The van der Waals surface area contributed by atoms with E-state index in [0.29, 0.717) is 5.03 Å². The quantitative estimate of drug-likeness (QED) is 0.589. The number of hydrogen-bond acceptors (Lipinski definition) is 1. The highest BCUT2D eigenvalue weighted by Gasteiger charge is 1.99. The van der Waals surface area contributed by atoms with Crippen LogP contribution in [0.5, 0.6) is 0 Å². The first-order valence-electron chi connectivity index (χ1n) is 2.60. The SMILES string of the molecule is C=C(Cl)c1sccc1C. The Bertz CT molecular complexity index is 225. The van der Waals surface area contributed by atoms with Crippen molar-refractivity contribution in [3.63, 3.8) is 0 Å². The van der Waals surface area contributed by atoms with Gasteiger partial charge < -0.3 is 0 Å². The lowest BCUT2D eigenvalue weighted by Crippen LogP contribution is -1.69. The number of thiophene rings is 1. The highest BCUT2D eigenvalue weighted by molar-refractivity contribution is 7.12. The molecule has 0 aliphatic heterocycles. The first-order valence-corrected chi connectivity index (χ1v) is 3.86. The Morgan fingerprint density at radius 2 is 2.44 bits per heavy atom. The molecule has 1 rings (SSSR count). The Labute approximate surface area is 63.8 Å². The summed E-state index contributed by atoms with van der Waals surface area (Å²) in [6, 6.07) is 2.04. The van der Waals surface area contributed by atoms with Crippen molar-refractivity contribution in [3.05, 3.63) is 28.5 Å². The van der Waals surface area contributed by atoms with Crippen molar-refractivity contribution in [2.75, 3.05) is 0 Å². The van der Waals surface area contributed by atoms with E-state index in [2.05, 4.69) is 6.58 Å². The topological polar surface area (TPSA) is 0 Å². The molecule has 0 unspecified atom stereocenters. The second kappa shape index (κ2) is 2.54. The fourth-order valence-electron chi connectivity index (χ4n) is 0.651. The summed E-state index contributed by atoms with van der Waals surface area (Å²) in [7, 11) is 0. The molecule has 1 aromatic rings. The fourth-order valence-corrected chi connectivity index (χ4v) is 1.72. The number of aryl methyl sites for hydroxylation is 1. The predicted octanol–water partition coefficient (Wildman–Crippen LogP) is 3.27. The molecule has 9 heavy (non-hydrogen) atoms. The van der Waals surface area contributed by atoms with E-state index in [1.807, 2.05) is 18.4 Å². The minimum absolute atomic E-state index is 0.641. The first kappa shape index (κ1) is 6.84. The summed E-state index contributed by atoms with van der Waals surface area (Å²) in [6.07, 6.45) is 0. The van der Waals surface area contributed by atoms with Crippen LogP contribution in [0.1, 0.15) is 10.4 Å². The van der Waals surface area contributed by atoms with Crippen LogP contribution in [-0.4, -0.2) is 0 Å². The minimum Gasteiger partial charge on any atom is -0.143 e. The molecule has 0 spiro atoms. The average molecular weight is 159 g/mol. The fraction of sp³-hybridized carbons (Fsp3) is 0.143. The second-order valence-electron chi connectivity index (χ2n) is 1.84. The lowest BCUT2D eigenvalue weighted by atomic mass is 10.3. The maximum absolute atomic E-state index is 5.67. The molecule has 0 aromatic carbocycles. The predicted molar refractivity (Wildman–Crippen MR) is 43.9 cm³/mol. The molecule has 0 atom stereocenters. The van der Waals surface area contributed by atoms with Crippen LogP contribution in [0.15, 0.2) is 18.0 Å². The van der Waals surface area contributed by atoms with Crippen LogP contribution in [0, 0.1) is 6.92 Å². The molecule has 0 saturated heterocycles. The van der Waals surface area contributed by atoms with Gasteiger partial charge in [0.1, 0.15) is 0 Å². The van der Waals surface area contributed by atoms with Crippen LogP contribution in [0.3, 0.4) is 0 Å². The molecule has 2 heteroatoms. The molecule has 0 radical (unpaired) electrons. The van der Waals surface area contributed by atoms with Crippen molar-refractivity contribution in [1.29, 1.82) is 0 Å². The van der Waals surface area contributed by atoms with Gasteiger partial charge in [0.2, 0.25) is 0 Å². The number of hydrogen-bond donors (Lipinski definition) is 0. The van der Waals surface area contributed by atoms with Gasteiger partial charge in [-0.2, -0.15) is 0 Å². The van der Waals surface area contributed by atoms with Crippen molar-refractivity contribution in [2.24, 2.45) is 0 Å². The molecule has 0 saturated carbocycles. The van der Waals surface area contributed by atoms with Gasteiger partial charge in [-0.05, 0) is 23.9 Å². The summed E-state index contributed by atoms with van der Waals surface area (Å²) < 4.78 is 0. The molecule has 0 aliphatic rings. The molecule has 0 N–H and O–H groups in total. The smallest absolute Gasteiger partial charge is 0.0509 e. The summed E-state index contributed by atoms with van der Waals surface area (Å²) in [5.41, 5.74) is 1.21. The van der Waals surface area contributed by atoms with E-state index in [1.54, 1.807) is 11.3 Å². The molecule has 0 nitrogen and oxygen atoms in total. The lowest BCUT2D eigenvalue weighted by Gasteiger charge is -1.90. The van der Waals surface area contributed by atoms with E-state index in [-0.39, 0.29) is 0 Å². The van der Waals surface area contributed by atoms with Gasteiger partial charge in [-0.1, -0.05) is 18.2 Å². The largest absolute Gasteiger partial charge is 0.143 e. The van der Waals surface area contributed by atoms with Crippen LogP contribution in [0.4, 0.5) is 0 Å². The summed E-state index contributed by atoms with van der Waals surface area (Å²) in [4.78, 5) is 1.09. The second-order valence-corrected chi connectivity index (χ2v) is 3.21. The summed E-state index contributed by atoms with van der Waals surface area (Å²) in [5, 5.41) is 2.65. The van der Waals surface area contributed by atoms with Crippen LogP contribution in [0.2, 0.25) is 0 Å². The van der Waals surface area contributed by atoms with Gasteiger partial charge in [0.25, 0.3) is 0 Å². The average Bonchev–Trinajstić information content (AvgIpc) is 2.13. The lowest BCUT2D eigenvalue weighted by molar-refractivity contribution is 1.53. The van der Waals surface area contributed by atoms with Gasteiger partial charge in [-0.3, -0.25) is 0 Å². The third-order valence-electron chi connectivity index (χ3n) is 1.11. The molecule has 0 fully saturated rings. The molecule has 0 aliphatic carbocycles. The molecule has 0 amide bonds. The highest BCUT2D eigenvalue weighted by atomic mass is 35.5. The Balaban J connectivity index is 3.08. The molecular weight excluding hydrogens is 152 g/mol. The van der Waals surface area contributed by atoms with Crippen molar-refractivity contribution in [1.82, 2.24) is 0 Å². The number of halogens is 1. The molecular formula is C7H7ClS. The van der Waals surface area contributed by atoms with Crippen LogP contribution in [0.25, 0.3) is 5.03 Å². The van der Waals surface area contributed by atoms with E-state index in [0.717, 1.165) is 4.88 Å². The van der Waals surface area contributed by atoms with Gasteiger partial charge >= 0.3 is 0 Å². The van der Waals surface area contributed by atoms with E-state index in [1.165, 1.54) is 5.56 Å². The summed E-state index contributed by atoms with van der Waals surface area (Å²) >= 11 is 7.29. The van der Waals surface area contributed by atoms with Crippen molar-refractivity contribution < 1.29 is 0 Å². The van der Waals surface area contributed by atoms with Gasteiger partial charge in [0.15, 0.2) is 0 Å². The monoisotopic (exact) mass is 158 g/mol. The Morgan fingerprint density at radius 1 is 1.78 bits per heavy atom. The van der Waals surface area contributed by atoms with Crippen molar-refractivity contribution in [2.45, 2.75) is 6.92 Å². The van der Waals surface area contributed by atoms with Crippen molar-refractivity contribution >= 4 is 28.0 Å². The van der Waals surface area contributed by atoms with Crippen LogP contribution in [-0.2, 0) is 0 Å². The molecule has 48 valence electrons. The van der Waals surface area contributed by atoms with Gasteiger partial charge in [-0.25, -0.2) is 0 Å². The van der Waals surface area contributed by atoms with Crippen molar-refractivity contribution in [3.8, 4) is 0 Å². The van der Waals surface area contributed by atoms with E-state index < -0.39 is 0 Å². The maximum atomic E-state index is 5.67. The third-order valence-corrected chi connectivity index (χ3v) is 2.49. The summed E-state index contributed by atoms with van der Waals surface area (Å²) in [5.74, 6) is 0. The first-order chi connectivity index (χ1) is 4.22. The third kappa shape index (κ3) is 1.35. The normalized spacial score (nSPS) is 9.56. The Morgan fingerprint density at radius 3 is 2.67 bits per heavy atom. The van der Waals surface area contributed by atoms with E-state index in [9.17, 15) is 0 Å². The van der Waals surface area contributed by atoms with Gasteiger partial charge in [-0.15, -0.1) is 11.3 Å². The van der Waals surface area contributed by atoms with E-state index in [4.69, 9.17) is 11.6 Å². The number of rotatable bonds is 1. The van der Waals surface area contributed by atoms with Gasteiger partial charge in [0, 0.05) is 4.88 Å².